The molecule has 0 heterocycles. The van der Waals surface area contributed by atoms with Gasteiger partial charge in [0.1, 0.15) is 5.78 Å². The molecule has 0 aromatic rings. The molecule has 0 radical (unpaired) electrons. The lowest BCUT2D eigenvalue weighted by molar-refractivity contribution is -0.124. The second-order valence-corrected chi connectivity index (χ2v) is 2.82. The van der Waals surface area contributed by atoms with Gasteiger partial charge in [-0.25, -0.2) is 0 Å². The highest BCUT2D eigenvalue weighted by Gasteiger charge is 2.20. The second-order valence-electron chi connectivity index (χ2n) is 2.82. The average molecular weight is 142 g/mol. The van der Waals surface area contributed by atoms with E-state index in [1.807, 2.05) is 0 Å². The summed E-state index contributed by atoms with van der Waals surface area (Å²) in [4.78, 5) is 11.1. The van der Waals surface area contributed by atoms with Crippen molar-refractivity contribution in [2.24, 2.45) is 11.8 Å². The maximum absolute atomic E-state index is 11.1. The Morgan fingerprint density at radius 3 is 3.00 bits per heavy atom. The monoisotopic (exact) mass is 142 g/mol. The van der Waals surface area contributed by atoms with Crippen molar-refractivity contribution in [3.63, 3.8) is 0 Å². The number of hydrogen-bond donors (Lipinski definition) is 2. The predicted octanol–water partition coefficient (Wildman–Crippen LogP) is 0.209. The van der Waals surface area contributed by atoms with Gasteiger partial charge in [0.2, 0.25) is 0 Å². The second kappa shape index (κ2) is 3.68. The molecule has 0 amide bonds. The van der Waals surface area contributed by atoms with E-state index in [2.05, 4.69) is 5.43 Å². The lowest BCUT2D eigenvalue weighted by Gasteiger charge is -2.19. The maximum atomic E-state index is 11.1. The van der Waals surface area contributed by atoms with Gasteiger partial charge < -0.3 is 0 Å². The normalized spacial score (nSPS) is 26.9. The molecule has 3 nitrogen and oxygen atoms in total. The lowest BCUT2D eigenvalue weighted by atomic mass is 9.88. The zero-order valence-electron chi connectivity index (χ0n) is 6.10. The molecule has 0 saturated heterocycles. The van der Waals surface area contributed by atoms with Gasteiger partial charge >= 0.3 is 0 Å². The van der Waals surface area contributed by atoms with E-state index < -0.39 is 0 Å². The fourth-order valence-corrected chi connectivity index (χ4v) is 1.41. The number of carbonyl (C=O) groups excluding carboxylic acids is 1. The molecular formula is C7H14N2O. The van der Waals surface area contributed by atoms with E-state index in [-0.39, 0.29) is 5.92 Å². The van der Waals surface area contributed by atoms with E-state index >= 15 is 0 Å². The first-order valence-electron chi connectivity index (χ1n) is 3.81. The number of nitrogens with one attached hydrogen (secondary N) is 1. The summed E-state index contributed by atoms with van der Waals surface area (Å²) in [6, 6.07) is 0. The van der Waals surface area contributed by atoms with Crippen LogP contribution in [0.3, 0.4) is 0 Å². The SMILES string of the molecule is NNCC1CCCCC1=O. The number of hydrogen-bond acceptors (Lipinski definition) is 3. The van der Waals surface area contributed by atoms with Crippen molar-refractivity contribution in [2.75, 3.05) is 6.54 Å². The highest BCUT2D eigenvalue weighted by Crippen LogP contribution is 2.19. The number of nitrogens with two attached hydrogens (primary N) is 1. The Labute approximate surface area is 60.9 Å². The van der Waals surface area contributed by atoms with E-state index in [4.69, 9.17) is 5.84 Å². The topological polar surface area (TPSA) is 55.1 Å². The van der Waals surface area contributed by atoms with Gasteiger partial charge in [-0.3, -0.25) is 16.1 Å². The summed E-state index contributed by atoms with van der Waals surface area (Å²) in [5, 5.41) is 0. The Hall–Kier alpha value is -0.410. The first-order valence-corrected chi connectivity index (χ1v) is 3.81. The molecule has 1 unspecified atom stereocenters. The molecule has 1 rings (SSSR count). The highest BCUT2D eigenvalue weighted by atomic mass is 16.1. The molecule has 1 aliphatic carbocycles. The predicted molar refractivity (Wildman–Crippen MR) is 39.2 cm³/mol. The Balaban J connectivity index is 2.32. The molecule has 1 atom stereocenters. The van der Waals surface area contributed by atoms with Crippen molar-refractivity contribution in [3.8, 4) is 0 Å². The molecule has 0 aliphatic heterocycles. The zero-order chi connectivity index (χ0) is 7.40. The number of hydrazine groups is 1. The molecular weight excluding hydrogens is 128 g/mol. The molecule has 10 heavy (non-hydrogen) atoms. The molecule has 3 heteroatoms. The Morgan fingerprint density at radius 1 is 1.60 bits per heavy atom. The van der Waals surface area contributed by atoms with Gasteiger partial charge in [0.25, 0.3) is 0 Å². The number of ketones is 1. The van der Waals surface area contributed by atoms with Crippen LogP contribution in [0, 0.1) is 5.92 Å². The van der Waals surface area contributed by atoms with Gasteiger partial charge in [0.15, 0.2) is 0 Å². The third-order valence-corrected chi connectivity index (χ3v) is 2.05. The summed E-state index contributed by atoms with van der Waals surface area (Å²) < 4.78 is 0. The summed E-state index contributed by atoms with van der Waals surface area (Å²) in [5.41, 5.74) is 2.55. The minimum absolute atomic E-state index is 0.193. The standard InChI is InChI=1S/C7H14N2O/c8-9-5-6-3-1-2-4-7(6)10/h6,9H,1-5,8H2. The van der Waals surface area contributed by atoms with Gasteiger partial charge in [0.05, 0.1) is 0 Å². The van der Waals surface area contributed by atoms with E-state index in [9.17, 15) is 4.79 Å². The van der Waals surface area contributed by atoms with Crippen LogP contribution in [0.15, 0.2) is 0 Å². The highest BCUT2D eigenvalue weighted by molar-refractivity contribution is 5.81. The maximum Gasteiger partial charge on any atom is 0.137 e. The minimum atomic E-state index is 0.193. The van der Waals surface area contributed by atoms with Crippen molar-refractivity contribution >= 4 is 5.78 Å². The van der Waals surface area contributed by atoms with Crippen LogP contribution >= 0.6 is 0 Å². The van der Waals surface area contributed by atoms with Gasteiger partial charge in [-0.05, 0) is 12.8 Å². The minimum Gasteiger partial charge on any atom is -0.299 e. The fourth-order valence-electron chi connectivity index (χ4n) is 1.41. The first-order chi connectivity index (χ1) is 4.84. The summed E-state index contributed by atoms with van der Waals surface area (Å²) in [6.45, 7) is 0.652. The largest absolute Gasteiger partial charge is 0.299 e. The van der Waals surface area contributed by atoms with Crippen LogP contribution in [0.4, 0.5) is 0 Å². The molecule has 1 aliphatic rings. The molecule has 1 fully saturated rings. The van der Waals surface area contributed by atoms with Gasteiger partial charge in [-0.2, -0.15) is 0 Å². The molecule has 0 spiro atoms. The summed E-state index contributed by atoms with van der Waals surface area (Å²) in [5.74, 6) is 5.69. The average Bonchev–Trinajstić information content (AvgIpc) is 1.94. The number of carbonyl (C=O) groups is 1. The van der Waals surface area contributed by atoms with Crippen molar-refractivity contribution in [3.05, 3.63) is 0 Å². The van der Waals surface area contributed by atoms with Crippen molar-refractivity contribution in [1.82, 2.24) is 5.43 Å². The van der Waals surface area contributed by atoms with Crippen LogP contribution < -0.4 is 11.3 Å². The molecule has 3 N–H and O–H groups in total. The van der Waals surface area contributed by atoms with Crippen molar-refractivity contribution < 1.29 is 4.79 Å². The first kappa shape index (κ1) is 7.69. The molecule has 0 aromatic heterocycles. The summed E-state index contributed by atoms with van der Waals surface area (Å²) >= 11 is 0. The fraction of sp³-hybridized carbons (Fsp3) is 0.857. The van der Waals surface area contributed by atoms with E-state index in [1.54, 1.807) is 0 Å². The molecule has 0 bridgehead atoms. The molecule has 58 valence electrons. The smallest absolute Gasteiger partial charge is 0.137 e. The Bertz CT molecular complexity index is 123. The quantitative estimate of drug-likeness (QED) is 0.428. The van der Waals surface area contributed by atoms with Gasteiger partial charge in [0, 0.05) is 18.9 Å². The third-order valence-electron chi connectivity index (χ3n) is 2.05. The zero-order valence-corrected chi connectivity index (χ0v) is 6.10. The van der Waals surface area contributed by atoms with Crippen LogP contribution in [0.2, 0.25) is 0 Å². The van der Waals surface area contributed by atoms with Gasteiger partial charge in [-0.15, -0.1) is 0 Å². The van der Waals surface area contributed by atoms with Crippen LogP contribution in [-0.4, -0.2) is 12.3 Å². The number of rotatable bonds is 2. The Morgan fingerprint density at radius 2 is 2.40 bits per heavy atom. The van der Waals surface area contributed by atoms with Crippen molar-refractivity contribution in [2.45, 2.75) is 25.7 Å². The lowest BCUT2D eigenvalue weighted by Crippen LogP contribution is -2.34. The molecule has 0 aromatic carbocycles. The van der Waals surface area contributed by atoms with Crippen molar-refractivity contribution in [1.29, 1.82) is 0 Å². The summed E-state index contributed by atoms with van der Waals surface area (Å²) in [7, 11) is 0. The molecule has 1 saturated carbocycles. The van der Waals surface area contributed by atoms with Crippen LogP contribution in [0.5, 0.6) is 0 Å². The van der Waals surface area contributed by atoms with E-state index in [0.717, 1.165) is 19.3 Å². The third kappa shape index (κ3) is 1.78. The van der Waals surface area contributed by atoms with Crippen LogP contribution in [0.25, 0.3) is 0 Å². The number of Topliss-reactive ketones (excluding diaryl/α,β-unsaturated/α-hetero) is 1. The van der Waals surface area contributed by atoms with Crippen LogP contribution in [-0.2, 0) is 4.79 Å². The Kier molecular flexibility index (Phi) is 2.83. The van der Waals surface area contributed by atoms with E-state index in [0.29, 0.717) is 12.3 Å². The summed E-state index contributed by atoms with van der Waals surface area (Å²) in [6.07, 6.45) is 4.02. The van der Waals surface area contributed by atoms with Gasteiger partial charge in [-0.1, -0.05) is 6.42 Å². The van der Waals surface area contributed by atoms with E-state index in [1.165, 1.54) is 6.42 Å². The van der Waals surface area contributed by atoms with Crippen LogP contribution in [0.1, 0.15) is 25.7 Å².